The zero-order chi connectivity index (χ0) is 14.3. The Morgan fingerprint density at radius 1 is 1.21 bits per heavy atom. The van der Waals surface area contributed by atoms with Crippen molar-refractivity contribution < 1.29 is 27.9 Å². The van der Waals surface area contributed by atoms with Gasteiger partial charge in [-0.25, -0.2) is 4.79 Å². The maximum atomic E-state index is 12.6. The summed E-state index contributed by atoms with van der Waals surface area (Å²) in [5.41, 5.74) is -1.44. The highest BCUT2D eigenvalue weighted by Gasteiger charge is 2.54. The number of carboxylic acid groups (broad SMARTS) is 1. The number of carbonyl (C=O) groups is 2. The lowest BCUT2D eigenvalue weighted by atomic mass is 9.75. The van der Waals surface area contributed by atoms with Crippen molar-refractivity contribution in [2.75, 3.05) is 0 Å². The van der Waals surface area contributed by atoms with Crippen molar-refractivity contribution in [3.05, 3.63) is 0 Å². The summed E-state index contributed by atoms with van der Waals surface area (Å²) in [6.07, 6.45) is -3.04. The minimum atomic E-state index is -4.28. The second-order valence-corrected chi connectivity index (χ2v) is 5.40. The highest BCUT2D eigenvalue weighted by Crippen LogP contribution is 2.45. The number of hydrogen-bond donors (Lipinski definition) is 1. The van der Waals surface area contributed by atoms with Crippen molar-refractivity contribution in [3.63, 3.8) is 0 Å². The van der Waals surface area contributed by atoms with E-state index in [1.54, 1.807) is 0 Å². The first kappa shape index (κ1) is 14.1. The molecule has 2 fully saturated rings. The zero-order valence-corrected chi connectivity index (χ0v) is 10.3. The molecule has 0 radical (unpaired) electrons. The van der Waals surface area contributed by atoms with Crippen LogP contribution >= 0.6 is 0 Å². The molecule has 0 heterocycles. The zero-order valence-electron chi connectivity index (χ0n) is 10.3. The van der Waals surface area contributed by atoms with Crippen LogP contribution in [0.5, 0.6) is 0 Å². The van der Waals surface area contributed by atoms with Gasteiger partial charge in [-0.2, -0.15) is 13.2 Å². The molecule has 4 nitrogen and oxygen atoms in total. The van der Waals surface area contributed by atoms with Crippen molar-refractivity contribution in [2.24, 2.45) is 5.92 Å². The normalized spacial score (nSPS) is 31.8. The maximum absolute atomic E-state index is 12.6. The summed E-state index contributed by atoms with van der Waals surface area (Å²) >= 11 is 0. The Bertz CT molecular complexity index is 371. The lowest BCUT2D eigenvalue weighted by molar-refractivity contribution is -0.193. The van der Waals surface area contributed by atoms with Gasteiger partial charge in [0.2, 0.25) is 6.41 Å². The number of aliphatic carboxylic acids is 1. The monoisotopic (exact) mass is 279 g/mol. The highest BCUT2D eigenvalue weighted by atomic mass is 19.4. The molecule has 108 valence electrons. The summed E-state index contributed by atoms with van der Waals surface area (Å²) in [4.78, 5) is 23.8. The van der Waals surface area contributed by atoms with Crippen LogP contribution in [-0.4, -0.2) is 40.1 Å². The van der Waals surface area contributed by atoms with Crippen molar-refractivity contribution in [3.8, 4) is 0 Å². The average Bonchev–Trinajstić information content (AvgIpc) is 3.13. The van der Waals surface area contributed by atoms with Crippen molar-refractivity contribution in [1.29, 1.82) is 0 Å². The maximum Gasteiger partial charge on any atom is 0.391 e. The van der Waals surface area contributed by atoms with Crippen LogP contribution in [0.2, 0.25) is 0 Å². The van der Waals surface area contributed by atoms with E-state index >= 15 is 0 Å². The lowest BCUT2D eigenvalue weighted by Crippen LogP contribution is -2.57. The topological polar surface area (TPSA) is 57.6 Å². The van der Waals surface area contributed by atoms with E-state index in [-0.39, 0.29) is 31.7 Å². The van der Waals surface area contributed by atoms with Crippen LogP contribution in [0, 0.1) is 5.92 Å². The fraction of sp³-hybridized carbons (Fsp3) is 0.833. The lowest BCUT2D eigenvalue weighted by Gasteiger charge is -2.43. The third kappa shape index (κ3) is 2.55. The van der Waals surface area contributed by atoms with Gasteiger partial charge in [-0.15, -0.1) is 0 Å². The first-order valence-corrected chi connectivity index (χ1v) is 6.35. The molecule has 1 amide bonds. The van der Waals surface area contributed by atoms with Gasteiger partial charge in [0.1, 0.15) is 5.54 Å². The summed E-state index contributed by atoms with van der Waals surface area (Å²) in [6.45, 7) is 0. The van der Waals surface area contributed by atoms with Crippen LogP contribution < -0.4 is 0 Å². The molecule has 0 aromatic rings. The molecule has 0 bridgehead atoms. The van der Waals surface area contributed by atoms with Crippen LogP contribution in [0.4, 0.5) is 13.2 Å². The second-order valence-electron chi connectivity index (χ2n) is 5.40. The highest BCUT2D eigenvalue weighted by molar-refractivity contribution is 5.82. The fourth-order valence-electron chi connectivity index (χ4n) is 2.89. The number of halogens is 3. The molecule has 2 aliphatic carbocycles. The smallest absolute Gasteiger partial charge is 0.391 e. The first-order valence-electron chi connectivity index (χ1n) is 6.35. The molecule has 2 rings (SSSR count). The summed E-state index contributed by atoms with van der Waals surface area (Å²) in [7, 11) is 0. The molecular formula is C12H16F3NO3. The van der Waals surface area contributed by atoms with Gasteiger partial charge in [-0.3, -0.25) is 4.79 Å². The van der Waals surface area contributed by atoms with Crippen LogP contribution in [0.1, 0.15) is 38.5 Å². The van der Waals surface area contributed by atoms with Crippen LogP contribution in [0.15, 0.2) is 0 Å². The van der Waals surface area contributed by atoms with Gasteiger partial charge in [-0.1, -0.05) is 0 Å². The van der Waals surface area contributed by atoms with E-state index in [2.05, 4.69) is 0 Å². The molecule has 0 unspecified atom stereocenters. The number of rotatable bonds is 4. The predicted octanol–water partition coefficient (Wildman–Crippen LogP) is 2.18. The van der Waals surface area contributed by atoms with Gasteiger partial charge < -0.3 is 10.0 Å². The van der Waals surface area contributed by atoms with E-state index in [9.17, 15) is 27.9 Å². The molecule has 0 aromatic carbocycles. The molecule has 0 aromatic heterocycles. The summed E-state index contributed by atoms with van der Waals surface area (Å²) in [5.74, 6) is -2.64. The van der Waals surface area contributed by atoms with E-state index in [4.69, 9.17) is 0 Å². The van der Waals surface area contributed by atoms with Gasteiger partial charge in [0.05, 0.1) is 5.92 Å². The molecule has 2 aliphatic rings. The van der Waals surface area contributed by atoms with Crippen molar-refractivity contribution in [2.45, 2.75) is 56.3 Å². The molecule has 19 heavy (non-hydrogen) atoms. The van der Waals surface area contributed by atoms with E-state index < -0.39 is 23.6 Å². The Balaban J connectivity index is 2.15. The number of alkyl halides is 3. The average molecular weight is 279 g/mol. The third-order valence-electron chi connectivity index (χ3n) is 4.22. The number of amides is 1. The number of nitrogens with zero attached hydrogens (tertiary/aromatic N) is 1. The van der Waals surface area contributed by atoms with Crippen LogP contribution in [0.25, 0.3) is 0 Å². The second kappa shape index (κ2) is 4.68. The van der Waals surface area contributed by atoms with E-state index in [0.717, 1.165) is 12.8 Å². The number of hydrogen-bond acceptors (Lipinski definition) is 2. The SMILES string of the molecule is O=CN(C1CC1)C1(C(=O)O)CCC(C(F)(F)F)CC1. The molecule has 1 N–H and O–H groups in total. The minimum absolute atomic E-state index is 0.115. The largest absolute Gasteiger partial charge is 0.479 e. The first-order chi connectivity index (χ1) is 8.81. The predicted molar refractivity (Wildman–Crippen MR) is 59.3 cm³/mol. The minimum Gasteiger partial charge on any atom is -0.479 e. The molecular weight excluding hydrogens is 263 g/mol. The van der Waals surface area contributed by atoms with Gasteiger partial charge in [0.25, 0.3) is 0 Å². The van der Waals surface area contributed by atoms with Crippen molar-refractivity contribution in [1.82, 2.24) is 4.90 Å². The van der Waals surface area contributed by atoms with Gasteiger partial charge >= 0.3 is 12.1 Å². The number of carbonyl (C=O) groups excluding carboxylic acids is 1. The summed E-state index contributed by atoms with van der Waals surface area (Å²) in [5, 5.41) is 9.37. The molecule has 0 spiro atoms. The quantitative estimate of drug-likeness (QED) is 0.802. The third-order valence-corrected chi connectivity index (χ3v) is 4.22. The fourth-order valence-corrected chi connectivity index (χ4v) is 2.89. The molecule has 7 heteroatoms. The van der Waals surface area contributed by atoms with Gasteiger partial charge in [-0.05, 0) is 38.5 Å². The number of carboxylic acids is 1. The van der Waals surface area contributed by atoms with Gasteiger partial charge in [0, 0.05) is 6.04 Å². The Morgan fingerprint density at radius 3 is 2.05 bits per heavy atom. The Labute approximate surface area is 108 Å². The Hall–Kier alpha value is -1.27. The van der Waals surface area contributed by atoms with Crippen molar-refractivity contribution >= 4 is 12.4 Å². The van der Waals surface area contributed by atoms with Gasteiger partial charge in [0.15, 0.2) is 0 Å². The van der Waals surface area contributed by atoms with E-state index in [1.165, 1.54) is 4.90 Å². The van der Waals surface area contributed by atoms with E-state index in [0.29, 0.717) is 6.41 Å². The summed E-state index contributed by atoms with van der Waals surface area (Å²) in [6, 6.07) is -0.115. The van der Waals surface area contributed by atoms with E-state index in [1.807, 2.05) is 0 Å². The summed E-state index contributed by atoms with van der Waals surface area (Å²) < 4.78 is 37.9. The molecule has 2 saturated carbocycles. The molecule has 0 atom stereocenters. The Morgan fingerprint density at radius 2 is 1.74 bits per heavy atom. The molecule has 0 aliphatic heterocycles. The standard InChI is InChI=1S/C12H16F3NO3/c13-12(14,15)8-3-5-11(6-4-8,10(18)19)16(7-17)9-1-2-9/h7-9H,1-6H2,(H,18,19). The Kier molecular flexibility index (Phi) is 3.49. The molecule has 0 saturated heterocycles. The van der Waals surface area contributed by atoms with Crippen LogP contribution in [0.3, 0.4) is 0 Å². The van der Waals surface area contributed by atoms with Crippen LogP contribution in [-0.2, 0) is 9.59 Å².